The molecule has 0 saturated carbocycles. The van der Waals surface area contributed by atoms with Crippen LogP contribution in [-0.2, 0) is 6.42 Å². The van der Waals surface area contributed by atoms with E-state index in [1.165, 1.54) is 25.5 Å². The van der Waals surface area contributed by atoms with Crippen LogP contribution in [-0.4, -0.2) is 51.1 Å². The molecule has 1 aliphatic rings. The van der Waals surface area contributed by atoms with Crippen LogP contribution in [0.3, 0.4) is 0 Å². The van der Waals surface area contributed by atoms with E-state index < -0.39 is 5.82 Å². The molecule has 24 heavy (non-hydrogen) atoms. The number of guanidine groups is 1. The summed E-state index contributed by atoms with van der Waals surface area (Å²) in [5.74, 6) is 0.537. The average Bonchev–Trinajstić information content (AvgIpc) is 2.54. The van der Waals surface area contributed by atoms with E-state index in [-0.39, 0.29) is 29.8 Å². The van der Waals surface area contributed by atoms with Gasteiger partial charge in [-0.3, -0.25) is 4.99 Å². The van der Waals surface area contributed by atoms with Gasteiger partial charge in [0.2, 0.25) is 0 Å². The highest BCUT2D eigenvalue weighted by Gasteiger charge is 2.17. The fraction of sp³-hybridized carbons (Fsp3) is 0.588. The molecule has 1 unspecified atom stereocenters. The number of hydrogen-bond donors (Lipinski definition) is 2. The van der Waals surface area contributed by atoms with E-state index in [0.29, 0.717) is 30.4 Å². The van der Waals surface area contributed by atoms with Gasteiger partial charge in [0.1, 0.15) is 11.6 Å². The third-order valence-corrected chi connectivity index (χ3v) is 4.20. The van der Waals surface area contributed by atoms with Crippen LogP contribution in [0.5, 0.6) is 0 Å². The van der Waals surface area contributed by atoms with Crippen molar-refractivity contribution in [1.82, 2.24) is 15.5 Å². The summed E-state index contributed by atoms with van der Waals surface area (Å²) in [6.45, 7) is 3.64. The molecule has 0 aromatic heterocycles. The number of nitrogens with zero attached hydrogens (tertiary/aromatic N) is 2. The predicted octanol–water partition coefficient (Wildman–Crippen LogP) is 2.63. The molecule has 2 rings (SSSR count). The van der Waals surface area contributed by atoms with E-state index in [4.69, 9.17) is 0 Å². The Bertz CT molecular complexity index is 539. The summed E-state index contributed by atoms with van der Waals surface area (Å²) in [4.78, 5) is 6.52. The molecule has 1 atom stereocenters. The molecule has 1 fully saturated rings. The first kappa shape index (κ1) is 21.1. The standard InChI is InChI=1S/C17H26F2N4.HI/c1-20-17(22-11-13-4-3-9-23(2)12-13)21-8-7-14-10-15(18)5-6-16(14)19;/h5-6,10,13H,3-4,7-9,11-12H2,1-2H3,(H2,20,21,22);1H. The van der Waals surface area contributed by atoms with Crippen LogP contribution >= 0.6 is 24.0 Å². The number of piperidine rings is 1. The quantitative estimate of drug-likeness (QED) is 0.410. The highest BCUT2D eigenvalue weighted by Crippen LogP contribution is 2.13. The van der Waals surface area contributed by atoms with E-state index in [0.717, 1.165) is 25.2 Å². The Morgan fingerprint density at radius 1 is 1.33 bits per heavy atom. The van der Waals surface area contributed by atoms with Crippen molar-refractivity contribution in [3.63, 3.8) is 0 Å². The van der Waals surface area contributed by atoms with Crippen LogP contribution in [0.25, 0.3) is 0 Å². The molecule has 1 heterocycles. The number of rotatable bonds is 5. The Morgan fingerprint density at radius 2 is 2.12 bits per heavy atom. The van der Waals surface area contributed by atoms with Gasteiger partial charge in [-0.05, 0) is 62.5 Å². The normalized spacial score (nSPS) is 18.8. The largest absolute Gasteiger partial charge is 0.356 e. The van der Waals surface area contributed by atoms with Gasteiger partial charge in [-0.2, -0.15) is 0 Å². The first-order chi connectivity index (χ1) is 11.1. The number of benzene rings is 1. The predicted molar refractivity (Wildman–Crippen MR) is 105 cm³/mol. The van der Waals surface area contributed by atoms with Crippen molar-refractivity contribution in [1.29, 1.82) is 0 Å². The van der Waals surface area contributed by atoms with Crippen LogP contribution < -0.4 is 10.6 Å². The van der Waals surface area contributed by atoms with Gasteiger partial charge < -0.3 is 15.5 Å². The maximum atomic E-state index is 13.6. The molecule has 4 nitrogen and oxygen atoms in total. The van der Waals surface area contributed by atoms with Crippen molar-refractivity contribution < 1.29 is 8.78 Å². The molecule has 0 radical (unpaired) electrons. The van der Waals surface area contributed by atoms with Crippen molar-refractivity contribution in [2.75, 3.05) is 40.3 Å². The second-order valence-corrected chi connectivity index (χ2v) is 6.14. The van der Waals surface area contributed by atoms with Gasteiger partial charge >= 0.3 is 0 Å². The first-order valence-electron chi connectivity index (χ1n) is 8.15. The molecule has 7 heteroatoms. The molecule has 0 amide bonds. The minimum absolute atomic E-state index is 0. The molecule has 0 bridgehead atoms. The Kier molecular flexibility index (Phi) is 9.50. The lowest BCUT2D eigenvalue weighted by Crippen LogP contribution is -2.44. The van der Waals surface area contributed by atoms with Crippen LogP contribution in [0.4, 0.5) is 8.78 Å². The second-order valence-electron chi connectivity index (χ2n) is 6.14. The number of likely N-dealkylation sites (tertiary alicyclic amines) is 1. The van der Waals surface area contributed by atoms with Crippen LogP contribution in [0.1, 0.15) is 18.4 Å². The van der Waals surface area contributed by atoms with E-state index in [2.05, 4.69) is 27.6 Å². The monoisotopic (exact) mass is 452 g/mol. The summed E-state index contributed by atoms with van der Waals surface area (Å²) in [6.07, 6.45) is 2.87. The van der Waals surface area contributed by atoms with Gasteiger partial charge in [-0.15, -0.1) is 24.0 Å². The Morgan fingerprint density at radius 3 is 2.83 bits per heavy atom. The molecule has 1 aromatic carbocycles. The van der Waals surface area contributed by atoms with Crippen molar-refractivity contribution in [2.45, 2.75) is 19.3 Å². The van der Waals surface area contributed by atoms with Gasteiger partial charge in [0.15, 0.2) is 5.96 Å². The van der Waals surface area contributed by atoms with E-state index in [1.807, 2.05) is 0 Å². The fourth-order valence-electron chi connectivity index (χ4n) is 2.95. The van der Waals surface area contributed by atoms with E-state index >= 15 is 0 Å². The molecule has 136 valence electrons. The summed E-state index contributed by atoms with van der Waals surface area (Å²) in [5, 5.41) is 6.47. The van der Waals surface area contributed by atoms with E-state index in [9.17, 15) is 8.78 Å². The minimum Gasteiger partial charge on any atom is -0.356 e. The first-order valence-corrected chi connectivity index (χ1v) is 8.15. The van der Waals surface area contributed by atoms with Crippen LogP contribution in [0.15, 0.2) is 23.2 Å². The second kappa shape index (κ2) is 10.8. The Labute approximate surface area is 160 Å². The van der Waals surface area contributed by atoms with Gasteiger partial charge in [0.05, 0.1) is 0 Å². The van der Waals surface area contributed by atoms with Crippen LogP contribution in [0, 0.1) is 17.6 Å². The topological polar surface area (TPSA) is 39.7 Å². The highest BCUT2D eigenvalue weighted by molar-refractivity contribution is 14.0. The maximum Gasteiger partial charge on any atom is 0.190 e. The van der Waals surface area contributed by atoms with Gasteiger partial charge in [-0.25, -0.2) is 8.78 Å². The summed E-state index contributed by atoms with van der Waals surface area (Å²) >= 11 is 0. The molecule has 1 aliphatic heterocycles. The zero-order valence-corrected chi connectivity index (χ0v) is 16.6. The summed E-state index contributed by atoms with van der Waals surface area (Å²) in [6, 6.07) is 3.54. The fourth-order valence-corrected chi connectivity index (χ4v) is 2.95. The Balaban J connectivity index is 0.00000288. The summed E-state index contributed by atoms with van der Waals surface area (Å²) < 4.78 is 26.7. The smallest absolute Gasteiger partial charge is 0.190 e. The molecular formula is C17H27F2IN4. The SMILES string of the molecule is CN=C(NCCc1cc(F)ccc1F)NCC1CCCN(C)C1.I. The molecule has 1 aromatic rings. The Hall–Kier alpha value is -0.960. The molecule has 0 aliphatic carbocycles. The van der Waals surface area contributed by atoms with Crippen molar-refractivity contribution >= 4 is 29.9 Å². The number of nitrogens with one attached hydrogen (secondary N) is 2. The zero-order chi connectivity index (χ0) is 16.7. The number of hydrogen-bond acceptors (Lipinski definition) is 2. The lowest BCUT2D eigenvalue weighted by Gasteiger charge is -2.30. The van der Waals surface area contributed by atoms with Crippen molar-refractivity contribution in [3.05, 3.63) is 35.4 Å². The number of aliphatic imine (C=N–C) groups is 1. The minimum atomic E-state index is -0.412. The van der Waals surface area contributed by atoms with Crippen molar-refractivity contribution in [3.8, 4) is 0 Å². The van der Waals surface area contributed by atoms with Crippen LogP contribution in [0.2, 0.25) is 0 Å². The van der Waals surface area contributed by atoms with E-state index in [1.54, 1.807) is 7.05 Å². The third kappa shape index (κ3) is 6.88. The molecule has 1 saturated heterocycles. The average molecular weight is 452 g/mol. The lowest BCUT2D eigenvalue weighted by atomic mass is 9.99. The van der Waals surface area contributed by atoms with Gasteiger partial charge in [-0.1, -0.05) is 0 Å². The van der Waals surface area contributed by atoms with Crippen molar-refractivity contribution in [2.24, 2.45) is 10.9 Å². The maximum absolute atomic E-state index is 13.6. The third-order valence-electron chi connectivity index (χ3n) is 4.20. The lowest BCUT2D eigenvalue weighted by molar-refractivity contribution is 0.210. The molecule has 2 N–H and O–H groups in total. The van der Waals surface area contributed by atoms with Gasteiger partial charge in [0.25, 0.3) is 0 Å². The molecule has 0 spiro atoms. The summed E-state index contributed by atoms with van der Waals surface area (Å²) in [5.41, 5.74) is 0.377. The zero-order valence-electron chi connectivity index (χ0n) is 14.3. The number of halogens is 3. The highest BCUT2D eigenvalue weighted by atomic mass is 127. The summed E-state index contributed by atoms with van der Waals surface area (Å²) in [7, 11) is 3.86. The molecular weight excluding hydrogens is 425 g/mol. The van der Waals surface area contributed by atoms with Gasteiger partial charge in [0, 0.05) is 26.7 Å².